The molecule has 1 aliphatic heterocycles. The molecule has 2 heterocycles. The van der Waals surface area contributed by atoms with Crippen LogP contribution >= 0.6 is 0 Å². The molecule has 0 bridgehead atoms. The Bertz CT molecular complexity index is 429. The number of hydrogen-bond donors (Lipinski definition) is 1. The molecule has 0 unspecified atom stereocenters. The van der Waals surface area contributed by atoms with Gasteiger partial charge in [-0.25, -0.2) is 9.97 Å². The Morgan fingerprint density at radius 3 is 2.83 bits per heavy atom. The molecule has 0 amide bonds. The van der Waals surface area contributed by atoms with E-state index in [0.717, 1.165) is 50.7 Å². The van der Waals surface area contributed by atoms with Crippen molar-refractivity contribution in [1.82, 2.24) is 15.3 Å². The van der Waals surface area contributed by atoms with Crippen LogP contribution in [0.15, 0.2) is 0 Å². The summed E-state index contributed by atoms with van der Waals surface area (Å²) < 4.78 is 5.17. The van der Waals surface area contributed by atoms with Crippen LogP contribution in [-0.4, -0.2) is 43.3 Å². The molecule has 5 nitrogen and oxygen atoms in total. The van der Waals surface area contributed by atoms with Gasteiger partial charge in [-0.1, -0.05) is 0 Å². The average Bonchev–Trinajstić information content (AvgIpc) is 2.87. The molecule has 18 heavy (non-hydrogen) atoms. The van der Waals surface area contributed by atoms with E-state index in [4.69, 9.17) is 9.72 Å². The third-order valence-electron chi connectivity index (χ3n) is 3.65. The second-order valence-corrected chi connectivity index (χ2v) is 4.91. The van der Waals surface area contributed by atoms with E-state index in [1.165, 1.54) is 17.7 Å². The maximum absolute atomic E-state index is 5.17. The van der Waals surface area contributed by atoms with Crippen molar-refractivity contribution in [3.05, 3.63) is 17.1 Å². The molecule has 1 saturated heterocycles. The largest absolute Gasteiger partial charge is 0.377 e. The second-order valence-electron chi connectivity index (χ2n) is 4.91. The normalized spacial score (nSPS) is 19.1. The van der Waals surface area contributed by atoms with Crippen LogP contribution in [0, 0.1) is 0 Å². The summed E-state index contributed by atoms with van der Waals surface area (Å²) in [5.74, 6) is 1.98. The van der Waals surface area contributed by atoms with Gasteiger partial charge >= 0.3 is 0 Å². The topological polar surface area (TPSA) is 50.3 Å². The van der Waals surface area contributed by atoms with Gasteiger partial charge in [-0.3, -0.25) is 0 Å². The number of rotatable bonds is 3. The van der Waals surface area contributed by atoms with Crippen LogP contribution in [0.5, 0.6) is 0 Å². The lowest BCUT2D eigenvalue weighted by molar-refractivity contribution is 0.177. The SMILES string of the molecule is COCc1nc2c(c(N3CCNCC3)n1)CCC2. The maximum atomic E-state index is 5.17. The Morgan fingerprint density at radius 1 is 1.22 bits per heavy atom. The van der Waals surface area contributed by atoms with Crippen molar-refractivity contribution >= 4 is 5.82 Å². The summed E-state index contributed by atoms with van der Waals surface area (Å²) in [4.78, 5) is 11.7. The number of nitrogens with one attached hydrogen (secondary N) is 1. The summed E-state index contributed by atoms with van der Waals surface area (Å²) in [6.45, 7) is 4.66. The summed E-state index contributed by atoms with van der Waals surface area (Å²) in [5, 5.41) is 3.38. The van der Waals surface area contributed by atoms with Crippen molar-refractivity contribution < 1.29 is 4.74 Å². The summed E-state index contributed by atoms with van der Waals surface area (Å²) in [6.07, 6.45) is 3.43. The molecular formula is C13H20N4O. The molecular weight excluding hydrogens is 228 g/mol. The summed E-state index contributed by atoms with van der Waals surface area (Å²) >= 11 is 0. The van der Waals surface area contributed by atoms with E-state index in [0.29, 0.717) is 6.61 Å². The van der Waals surface area contributed by atoms with Gasteiger partial charge in [0.1, 0.15) is 12.4 Å². The van der Waals surface area contributed by atoms with E-state index in [1.807, 2.05) is 0 Å². The van der Waals surface area contributed by atoms with Crippen LogP contribution in [-0.2, 0) is 24.2 Å². The Hall–Kier alpha value is -1.20. The number of piperazine rings is 1. The summed E-state index contributed by atoms with van der Waals surface area (Å²) in [5.41, 5.74) is 2.61. The number of anilines is 1. The number of ether oxygens (including phenoxy) is 1. The van der Waals surface area contributed by atoms with Crippen molar-refractivity contribution in [1.29, 1.82) is 0 Å². The molecule has 2 aliphatic rings. The van der Waals surface area contributed by atoms with Gasteiger partial charge in [0.2, 0.25) is 0 Å². The highest BCUT2D eigenvalue weighted by molar-refractivity contribution is 5.51. The Morgan fingerprint density at radius 2 is 2.06 bits per heavy atom. The minimum Gasteiger partial charge on any atom is -0.377 e. The third-order valence-corrected chi connectivity index (χ3v) is 3.65. The number of fused-ring (bicyclic) bond motifs is 1. The number of aromatic nitrogens is 2. The van der Waals surface area contributed by atoms with Gasteiger partial charge < -0.3 is 15.0 Å². The van der Waals surface area contributed by atoms with Crippen LogP contribution in [0.25, 0.3) is 0 Å². The predicted molar refractivity (Wildman–Crippen MR) is 69.9 cm³/mol. The molecule has 1 fully saturated rings. The smallest absolute Gasteiger partial charge is 0.156 e. The van der Waals surface area contributed by atoms with Crippen molar-refractivity contribution in [2.24, 2.45) is 0 Å². The molecule has 1 aromatic rings. The molecule has 0 saturated carbocycles. The molecule has 0 aromatic carbocycles. The van der Waals surface area contributed by atoms with E-state index in [1.54, 1.807) is 7.11 Å². The predicted octanol–water partition coefficient (Wildman–Crippen LogP) is 0.521. The van der Waals surface area contributed by atoms with E-state index in [-0.39, 0.29) is 0 Å². The van der Waals surface area contributed by atoms with Gasteiger partial charge in [-0.05, 0) is 19.3 Å². The minimum absolute atomic E-state index is 0.506. The van der Waals surface area contributed by atoms with Crippen LogP contribution in [0.3, 0.4) is 0 Å². The number of methoxy groups -OCH3 is 1. The van der Waals surface area contributed by atoms with Gasteiger partial charge in [0.15, 0.2) is 5.82 Å². The lowest BCUT2D eigenvalue weighted by Crippen LogP contribution is -2.44. The highest BCUT2D eigenvalue weighted by Crippen LogP contribution is 2.29. The summed E-state index contributed by atoms with van der Waals surface area (Å²) in [7, 11) is 1.70. The van der Waals surface area contributed by atoms with E-state index >= 15 is 0 Å². The van der Waals surface area contributed by atoms with Gasteiger partial charge in [-0.15, -0.1) is 0 Å². The average molecular weight is 248 g/mol. The first-order valence-corrected chi connectivity index (χ1v) is 6.72. The zero-order valence-electron chi connectivity index (χ0n) is 10.9. The van der Waals surface area contributed by atoms with Crippen LogP contribution in [0.1, 0.15) is 23.5 Å². The number of hydrogen-bond acceptors (Lipinski definition) is 5. The van der Waals surface area contributed by atoms with Gasteiger partial charge in [0, 0.05) is 44.5 Å². The first-order valence-electron chi connectivity index (χ1n) is 6.72. The lowest BCUT2D eigenvalue weighted by Gasteiger charge is -2.30. The quantitative estimate of drug-likeness (QED) is 0.845. The lowest BCUT2D eigenvalue weighted by atomic mass is 10.2. The highest BCUT2D eigenvalue weighted by Gasteiger charge is 2.23. The first-order chi connectivity index (χ1) is 8.88. The number of aryl methyl sites for hydroxylation is 1. The molecule has 1 aliphatic carbocycles. The molecule has 5 heteroatoms. The second kappa shape index (κ2) is 5.20. The van der Waals surface area contributed by atoms with E-state index in [2.05, 4.69) is 15.2 Å². The minimum atomic E-state index is 0.506. The van der Waals surface area contributed by atoms with Crippen LogP contribution in [0.2, 0.25) is 0 Å². The molecule has 1 aromatic heterocycles. The zero-order valence-corrected chi connectivity index (χ0v) is 10.9. The summed E-state index contributed by atoms with van der Waals surface area (Å²) in [6, 6.07) is 0. The molecule has 0 radical (unpaired) electrons. The fourth-order valence-corrected chi connectivity index (χ4v) is 2.79. The van der Waals surface area contributed by atoms with Crippen LogP contribution < -0.4 is 10.2 Å². The standard InChI is InChI=1S/C13H20N4O/c1-18-9-12-15-11-4-2-3-10(11)13(16-12)17-7-5-14-6-8-17/h14H,2-9H2,1H3. The fraction of sp³-hybridized carbons (Fsp3) is 0.692. The zero-order chi connectivity index (χ0) is 12.4. The first kappa shape index (κ1) is 11.9. The number of nitrogens with zero attached hydrogens (tertiary/aromatic N) is 3. The highest BCUT2D eigenvalue weighted by atomic mass is 16.5. The molecule has 1 N–H and O–H groups in total. The molecule has 3 rings (SSSR count). The van der Waals surface area contributed by atoms with Crippen LogP contribution in [0.4, 0.5) is 5.82 Å². The fourth-order valence-electron chi connectivity index (χ4n) is 2.79. The molecule has 0 atom stereocenters. The van der Waals surface area contributed by atoms with Gasteiger partial charge in [-0.2, -0.15) is 0 Å². The molecule has 98 valence electrons. The Kier molecular flexibility index (Phi) is 3.43. The van der Waals surface area contributed by atoms with Crippen molar-refractivity contribution in [2.75, 3.05) is 38.2 Å². The van der Waals surface area contributed by atoms with Crippen molar-refractivity contribution in [2.45, 2.75) is 25.9 Å². The van der Waals surface area contributed by atoms with E-state index < -0.39 is 0 Å². The monoisotopic (exact) mass is 248 g/mol. The Labute approximate surface area is 108 Å². The van der Waals surface area contributed by atoms with E-state index in [9.17, 15) is 0 Å². The maximum Gasteiger partial charge on any atom is 0.156 e. The van der Waals surface area contributed by atoms with Crippen molar-refractivity contribution in [3.63, 3.8) is 0 Å². The molecule has 0 spiro atoms. The van der Waals surface area contributed by atoms with Gasteiger partial charge in [0.25, 0.3) is 0 Å². The van der Waals surface area contributed by atoms with Crippen molar-refractivity contribution in [3.8, 4) is 0 Å². The van der Waals surface area contributed by atoms with Gasteiger partial charge in [0.05, 0.1) is 0 Å². The third kappa shape index (κ3) is 2.20. The Balaban J connectivity index is 1.95.